The third-order valence-corrected chi connectivity index (χ3v) is 3.84. The van der Waals surface area contributed by atoms with E-state index in [0.29, 0.717) is 0 Å². The average molecular weight is 438 g/mol. The number of alkyl halides is 4. The van der Waals surface area contributed by atoms with Gasteiger partial charge in [-0.15, -0.1) is 0 Å². The Bertz CT molecular complexity index is 581. The summed E-state index contributed by atoms with van der Waals surface area (Å²) >= 11 is 14.1. The van der Waals surface area contributed by atoms with E-state index < -0.39 is 42.4 Å². The van der Waals surface area contributed by atoms with Crippen LogP contribution in [-0.2, 0) is 14.3 Å². The Morgan fingerprint density at radius 3 is 2.35 bits per heavy atom. The lowest BCUT2D eigenvalue weighted by Gasteiger charge is -2.18. The first-order valence-corrected chi connectivity index (χ1v) is 7.99. The maximum absolute atomic E-state index is 12.4. The van der Waals surface area contributed by atoms with E-state index in [2.05, 4.69) is 20.7 Å². The van der Waals surface area contributed by atoms with Crippen LogP contribution in [0.1, 0.15) is 12.8 Å². The van der Waals surface area contributed by atoms with Gasteiger partial charge in [0.2, 0.25) is 6.10 Å². The fraction of sp³-hybridized carbons (Fsp3) is 0.385. The first kappa shape index (κ1) is 20.1. The van der Waals surface area contributed by atoms with E-state index in [1.165, 1.54) is 18.2 Å². The van der Waals surface area contributed by atoms with Crippen molar-refractivity contribution in [2.45, 2.75) is 25.1 Å². The van der Waals surface area contributed by atoms with Gasteiger partial charge in [0.15, 0.2) is 5.75 Å². The Balaban J connectivity index is 2.50. The molecule has 23 heavy (non-hydrogen) atoms. The van der Waals surface area contributed by atoms with Gasteiger partial charge in [-0.25, -0.2) is 0 Å². The van der Waals surface area contributed by atoms with Crippen LogP contribution in [0.25, 0.3) is 0 Å². The molecule has 0 saturated carbocycles. The molecule has 0 radical (unpaired) electrons. The average Bonchev–Trinajstić information content (AvgIpc) is 2.46. The zero-order chi connectivity index (χ0) is 17.6. The van der Waals surface area contributed by atoms with Gasteiger partial charge in [0.1, 0.15) is 5.02 Å². The maximum atomic E-state index is 12.4. The van der Waals surface area contributed by atoms with E-state index in [1.807, 2.05) is 0 Å². The standard InChI is InChI=1S/C13H10BrCl2F3O4/c14-6-9(13(17,18)19)23-11(21)5-4-10(20)22-8-3-1-2-7(15)12(8)16/h1-3,9H,4-6H2. The van der Waals surface area contributed by atoms with Crippen LogP contribution in [0.4, 0.5) is 13.2 Å². The molecule has 1 unspecified atom stereocenters. The van der Waals surface area contributed by atoms with E-state index in [4.69, 9.17) is 27.9 Å². The lowest BCUT2D eigenvalue weighted by molar-refractivity contribution is -0.214. The van der Waals surface area contributed by atoms with Crippen LogP contribution < -0.4 is 4.74 Å². The summed E-state index contributed by atoms with van der Waals surface area (Å²) in [5.41, 5.74) is 0. The van der Waals surface area contributed by atoms with Crippen molar-refractivity contribution >= 4 is 51.1 Å². The van der Waals surface area contributed by atoms with Gasteiger partial charge in [0, 0.05) is 5.33 Å². The lowest BCUT2D eigenvalue weighted by atomic mass is 10.3. The fourth-order valence-electron chi connectivity index (χ4n) is 1.34. The highest BCUT2D eigenvalue weighted by atomic mass is 79.9. The van der Waals surface area contributed by atoms with Gasteiger partial charge >= 0.3 is 18.1 Å². The maximum Gasteiger partial charge on any atom is 0.426 e. The predicted octanol–water partition coefficient (Wildman–Crippen LogP) is 4.55. The second-order valence-electron chi connectivity index (χ2n) is 4.20. The van der Waals surface area contributed by atoms with Crippen LogP contribution in [0, 0.1) is 0 Å². The molecule has 1 atom stereocenters. The van der Waals surface area contributed by atoms with Crippen molar-refractivity contribution in [2.75, 3.05) is 5.33 Å². The summed E-state index contributed by atoms with van der Waals surface area (Å²) < 4.78 is 46.4. The highest BCUT2D eigenvalue weighted by Crippen LogP contribution is 2.31. The second-order valence-corrected chi connectivity index (χ2v) is 5.63. The van der Waals surface area contributed by atoms with E-state index in [9.17, 15) is 22.8 Å². The highest BCUT2D eigenvalue weighted by Gasteiger charge is 2.42. The van der Waals surface area contributed by atoms with Crippen LogP contribution in [0.3, 0.4) is 0 Å². The predicted molar refractivity (Wildman–Crippen MR) is 81.1 cm³/mol. The van der Waals surface area contributed by atoms with Crippen LogP contribution in [0.2, 0.25) is 10.0 Å². The van der Waals surface area contributed by atoms with Crippen molar-refractivity contribution in [1.29, 1.82) is 0 Å². The summed E-state index contributed by atoms with van der Waals surface area (Å²) in [5.74, 6) is -2.03. The molecule has 0 amide bonds. The Labute approximate surface area is 148 Å². The van der Waals surface area contributed by atoms with Gasteiger partial charge in [-0.05, 0) is 12.1 Å². The Kier molecular flexibility index (Phi) is 7.63. The number of halogens is 6. The molecule has 0 N–H and O–H groups in total. The minimum atomic E-state index is -4.69. The summed E-state index contributed by atoms with van der Waals surface area (Å²) in [5, 5.41) is -0.409. The first-order chi connectivity index (χ1) is 10.6. The topological polar surface area (TPSA) is 52.6 Å². The van der Waals surface area contributed by atoms with Gasteiger partial charge < -0.3 is 9.47 Å². The molecule has 128 valence electrons. The molecule has 0 heterocycles. The smallest absolute Gasteiger partial charge is 0.426 e. The number of rotatable bonds is 6. The molecule has 4 nitrogen and oxygen atoms in total. The Morgan fingerprint density at radius 1 is 1.17 bits per heavy atom. The molecule has 1 rings (SSSR count). The summed E-state index contributed by atoms with van der Waals surface area (Å²) in [6.07, 6.45) is -7.98. The number of ether oxygens (including phenoxy) is 2. The third-order valence-electron chi connectivity index (χ3n) is 2.45. The normalized spacial score (nSPS) is 12.6. The summed E-state index contributed by atoms with van der Waals surface area (Å²) in [6, 6.07) is 4.36. The molecule has 0 aliphatic rings. The van der Waals surface area contributed by atoms with Gasteiger partial charge in [-0.2, -0.15) is 13.2 Å². The van der Waals surface area contributed by atoms with Crippen LogP contribution in [0.5, 0.6) is 5.75 Å². The molecule has 0 bridgehead atoms. The number of carbonyl (C=O) groups excluding carboxylic acids is 2. The van der Waals surface area contributed by atoms with Crippen molar-refractivity contribution < 1.29 is 32.2 Å². The number of esters is 2. The van der Waals surface area contributed by atoms with Crippen LogP contribution in [-0.4, -0.2) is 29.5 Å². The largest absolute Gasteiger partial charge is 0.452 e. The molecule has 0 spiro atoms. The Hall–Kier alpha value is -0.990. The van der Waals surface area contributed by atoms with Crippen molar-refractivity contribution in [3.63, 3.8) is 0 Å². The molecule has 0 aromatic heterocycles. The zero-order valence-electron chi connectivity index (χ0n) is 11.3. The van der Waals surface area contributed by atoms with Gasteiger partial charge in [-0.1, -0.05) is 45.2 Å². The summed E-state index contributed by atoms with van der Waals surface area (Å²) in [6.45, 7) is 0. The monoisotopic (exact) mass is 436 g/mol. The van der Waals surface area contributed by atoms with Gasteiger partial charge in [-0.3, -0.25) is 9.59 Å². The molecule has 0 fully saturated rings. The zero-order valence-corrected chi connectivity index (χ0v) is 14.4. The SMILES string of the molecule is O=C(CCC(=O)OC(CBr)C(F)(F)F)Oc1cccc(Cl)c1Cl. The van der Waals surface area contributed by atoms with E-state index >= 15 is 0 Å². The van der Waals surface area contributed by atoms with Crippen molar-refractivity contribution in [3.8, 4) is 5.75 Å². The molecular weight excluding hydrogens is 428 g/mol. The molecule has 0 aliphatic carbocycles. The molecule has 1 aromatic rings. The molecular formula is C13H10BrCl2F3O4. The van der Waals surface area contributed by atoms with E-state index in [0.717, 1.165) is 0 Å². The minimum absolute atomic E-state index is 0.00818. The van der Waals surface area contributed by atoms with E-state index in [-0.39, 0.29) is 15.8 Å². The minimum Gasteiger partial charge on any atom is -0.452 e. The molecule has 1 aromatic carbocycles. The van der Waals surface area contributed by atoms with Crippen LogP contribution in [0.15, 0.2) is 18.2 Å². The fourth-order valence-corrected chi connectivity index (χ4v) is 2.17. The highest BCUT2D eigenvalue weighted by molar-refractivity contribution is 9.09. The van der Waals surface area contributed by atoms with Gasteiger partial charge in [0.05, 0.1) is 17.9 Å². The van der Waals surface area contributed by atoms with Crippen molar-refractivity contribution in [3.05, 3.63) is 28.2 Å². The molecule has 10 heteroatoms. The van der Waals surface area contributed by atoms with E-state index in [1.54, 1.807) is 0 Å². The number of hydrogen-bond donors (Lipinski definition) is 0. The lowest BCUT2D eigenvalue weighted by Crippen LogP contribution is -2.35. The Morgan fingerprint density at radius 2 is 1.78 bits per heavy atom. The number of benzene rings is 1. The quantitative estimate of drug-likeness (QED) is 0.372. The summed E-state index contributed by atoms with van der Waals surface area (Å²) in [7, 11) is 0. The third kappa shape index (κ3) is 6.56. The van der Waals surface area contributed by atoms with Gasteiger partial charge in [0.25, 0.3) is 0 Å². The van der Waals surface area contributed by atoms with Crippen molar-refractivity contribution in [2.24, 2.45) is 0 Å². The second kappa shape index (κ2) is 8.75. The first-order valence-electron chi connectivity index (χ1n) is 6.12. The molecule has 0 saturated heterocycles. The molecule has 0 aliphatic heterocycles. The van der Waals surface area contributed by atoms with Crippen molar-refractivity contribution in [1.82, 2.24) is 0 Å². The summed E-state index contributed by atoms with van der Waals surface area (Å²) in [4.78, 5) is 22.9. The number of hydrogen-bond acceptors (Lipinski definition) is 4. The number of carbonyl (C=O) groups is 2. The van der Waals surface area contributed by atoms with Crippen LogP contribution >= 0.6 is 39.1 Å².